The number of fused-ring (bicyclic) bond motifs is 2. The highest BCUT2D eigenvalue weighted by molar-refractivity contribution is 5.89. The van der Waals surface area contributed by atoms with E-state index in [2.05, 4.69) is 4.99 Å². The van der Waals surface area contributed by atoms with Crippen LogP contribution in [0.3, 0.4) is 0 Å². The minimum atomic E-state index is -0.874. The summed E-state index contributed by atoms with van der Waals surface area (Å²) in [5, 5.41) is 0. The zero-order valence-corrected chi connectivity index (χ0v) is 17.6. The number of hydrogen-bond acceptors (Lipinski definition) is 7. The summed E-state index contributed by atoms with van der Waals surface area (Å²) in [5.41, 5.74) is 5.83. The molecule has 2 aliphatic rings. The molecule has 0 aliphatic carbocycles. The van der Waals surface area contributed by atoms with E-state index in [4.69, 9.17) is 24.7 Å². The average molecular weight is 438 g/mol. The fourth-order valence-corrected chi connectivity index (χ4v) is 3.98. The number of amides is 1. The van der Waals surface area contributed by atoms with E-state index < -0.39 is 23.7 Å². The topological polar surface area (TPSA) is 109 Å². The second-order valence-electron chi connectivity index (χ2n) is 7.90. The second kappa shape index (κ2) is 10.0. The number of aliphatic imine (C=N–C) groups is 1. The molecule has 0 saturated carbocycles. The van der Waals surface area contributed by atoms with Crippen molar-refractivity contribution < 1.29 is 28.5 Å². The Kier molecular flexibility index (Phi) is 6.94. The van der Waals surface area contributed by atoms with Gasteiger partial charge in [-0.2, -0.15) is 0 Å². The van der Waals surface area contributed by atoms with Crippen LogP contribution in [0.25, 0.3) is 0 Å². The predicted molar refractivity (Wildman–Crippen MR) is 116 cm³/mol. The van der Waals surface area contributed by atoms with E-state index in [-0.39, 0.29) is 31.7 Å². The first-order valence-electron chi connectivity index (χ1n) is 10.5. The monoisotopic (exact) mass is 438 g/mol. The Morgan fingerprint density at radius 3 is 2.56 bits per heavy atom. The van der Waals surface area contributed by atoms with E-state index >= 15 is 0 Å². The minimum Gasteiger partial charge on any atom is -0.459 e. The predicted octanol–water partition coefficient (Wildman–Crippen LogP) is 2.12. The summed E-state index contributed by atoms with van der Waals surface area (Å²) in [6.07, 6.45) is 0.453. The molecule has 2 N–H and O–H groups in total. The van der Waals surface area contributed by atoms with Gasteiger partial charge in [0, 0.05) is 12.1 Å². The molecule has 2 fully saturated rings. The van der Waals surface area contributed by atoms with Crippen LogP contribution in [0.1, 0.15) is 22.3 Å². The lowest BCUT2D eigenvalue weighted by molar-refractivity contribution is -0.157. The Hall–Kier alpha value is -3.07. The van der Waals surface area contributed by atoms with Gasteiger partial charge in [-0.05, 0) is 17.7 Å². The van der Waals surface area contributed by atoms with Crippen LogP contribution >= 0.6 is 0 Å². The van der Waals surface area contributed by atoms with Crippen LogP contribution in [-0.4, -0.2) is 55.8 Å². The molecule has 168 valence electrons. The molecule has 2 aromatic carbocycles. The molecule has 4 unspecified atom stereocenters. The number of rotatable bonds is 10. The summed E-state index contributed by atoms with van der Waals surface area (Å²) < 4.78 is 23.7. The third kappa shape index (κ3) is 5.04. The molecule has 0 spiro atoms. The molecule has 4 atom stereocenters. The van der Waals surface area contributed by atoms with E-state index in [1.165, 1.54) is 6.21 Å². The summed E-state index contributed by atoms with van der Waals surface area (Å²) in [6.45, 7) is 1.07. The molecule has 0 radical (unpaired) electrons. The van der Waals surface area contributed by atoms with Crippen LogP contribution < -0.4 is 5.73 Å². The van der Waals surface area contributed by atoms with Gasteiger partial charge in [0.2, 0.25) is 5.91 Å². The number of carbonyl (C=O) groups excluding carboxylic acids is 2. The minimum absolute atomic E-state index is 0.0117. The van der Waals surface area contributed by atoms with Gasteiger partial charge in [-0.1, -0.05) is 48.5 Å². The van der Waals surface area contributed by atoms with Crippen molar-refractivity contribution in [3.05, 3.63) is 71.8 Å². The Labute approximate surface area is 186 Å². The Morgan fingerprint density at radius 2 is 1.84 bits per heavy atom. The summed E-state index contributed by atoms with van der Waals surface area (Å²) in [5.74, 6) is -1.10. The SMILES string of the molecule is NC(=O)CC=NC1OC2(COC(=O)c3ccccc3)COC1C2COCc1ccccc1. The zero-order chi connectivity index (χ0) is 22.4. The molecule has 8 nitrogen and oxygen atoms in total. The maximum atomic E-state index is 12.5. The molecular formula is C24H26N2O6. The Bertz CT molecular complexity index is 951. The Balaban J connectivity index is 1.44. The molecule has 2 heterocycles. The molecule has 0 aromatic heterocycles. The standard InChI is InChI=1S/C24H26N2O6/c25-20(27)11-12-26-22-21-19(14-29-13-17-7-3-1-4-8-17)24(32-22,15-30-21)16-31-23(28)18-9-5-2-6-10-18/h1-10,12,19,21-22H,11,13-16H2,(H2,25,27). The number of nitrogens with two attached hydrogens (primary N) is 1. The van der Waals surface area contributed by atoms with Crippen molar-refractivity contribution in [2.45, 2.75) is 31.0 Å². The van der Waals surface area contributed by atoms with Crippen molar-refractivity contribution >= 4 is 18.1 Å². The molecule has 2 bridgehead atoms. The molecule has 32 heavy (non-hydrogen) atoms. The lowest BCUT2D eigenvalue weighted by atomic mass is 9.90. The van der Waals surface area contributed by atoms with Crippen LogP contribution in [0, 0.1) is 5.92 Å². The lowest BCUT2D eigenvalue weighted by Gasteiger charge is -2.30. The smallest absolute Gasteiger partial charge is 0.338 e. The molecule has 8 heteroatoms. The van der Waals surface area contributed by atoms with Gasteiger partial charge < -0.3 is 24.7 Å². The van der Waals surface area contributed by atoms with E-state index in [0.717, 1.165) is 5.56 Å². The van der Waals surface area contributed by atoms with Crippen LogP contribution in [0.4, 0.5) is 0 Å². The number of esters is 1. The van der Waals surface area contributed by atoms with Gasteiger partial charge in [0.15, 0.2) is 6.23 Å². The van der Waals surface area contributed by atoms with Crippen LogP contribution in [0.5, 0.6) is 0 Å². The number of ether oxygens (including phenoxy) is 4. The summed E-state index contributed by atoms with van der Waals surface area (Å²) in [7, 11) is 0. The number of benzene rings is 2. The van der Waals surface area contributed by atoms with Crippen molar-refractivity contribution in [1.29, 1.82) is 0 Å². The first kappa shape index (κ1) is 22.1. The molecule has 2 aliphatic heterocycles. The summed E-state index contributed by atoms with van der Waals surface area (Å²) >= 11 is 0. The highest BCUT2D eigenvalue weighted by Crippen LogP contribution is 2.45. The third-order valence-electron chi connectivity index (χ3n) is 5.64. The first-order chi connectivity index (χ1) is 15.6. The molecular weight excluding hydrogens is 412 g/mol. The lowest BCUT2D eigenvalue weighted by Crippen LogP contribution is -2.44. The summed E-state index contributed by atoms with van der Waals surface area (Å²) in [6, 6.07) is 18.6. The first-order valence-corrected chi connectivity index (χ1v) is 10.5. The summed E-state index contributed by atoms with van der Waals surface area (Å²) in [4.78, 5) is 27.8. The second-order valence-corrected chi connectivity index (χ2v) is 7.90. The quantitative estimate of drug-likeness (QED) is 0.450. The fourth-order valence-electron chi connectivity index (χ4n) is 3.98. The number of nitrogens with zero attached hydrogens (tertiary/aromatic N) is 1. The maximum absolute atomic E-state index is 12.5. The molecule has 2 aromatic rings. The number of primary amides is 1. The highest BCUT2D eigenvalue weighted by atomic mass is 16.6. The third-order valence-corrected chi connectivity index (χ3v) is 5.64. The highest BCUT2D eigenvalue weighted by Gasteiger charge is 2.62. The van der Waals surface area contributed by atoms with Crippen molar-refractivity contribution in [2.24, 2.45) is 16.6 Å². The largest absolute Gasteiger partial charge is 0.459 e. The molecule has 1 amide bonds. The van der Waals surface area contributed by atoms with E-state index in [9.17, 15) is 9.59 Å². The van der Waals surface area contributed by atoms with Crippen molar-refractivity contribution in [1.82, 2.24) is 0 Å². The Morgan fingerprint density at radius 1 is 1.12 bits per heavy atom. The van der Waals surface area contributed by atoms with E-state index in [1.54, 1.807) is 24.3 Å². The van der Waals surface area contributed by atoms with Gasteiger partial charge in [-0.15, -0.1) is 0 Å². The fraction of sp³-hybridized carbons (Fsp3) is 0.375. The van der Waals surface area contributed by atoms with Crippen molar-refractivity contribution in [3.63, 3.8) is 0 Å². The van der Waals surface area contributed by atoms with Crippen LogP contribution in [0.2, 0.25) is 0 Å². The van der Waals surface area contributed by atoms with E-state index in [0.29, 0.717) is 18.8 Å². The normalized spacial score (nSPS) is 26.4. The van der Waals surface area contributed by atoms with Crippen molar-refractivity contribution in [3.8, 4) is 0 Å². The molecule has 4 rings (SSSR count). The van der Waals surface area contributed by atoms with Crippen LogP contribution in [-0.2, 0) is 30.3 Å². The van der Waals surface area contributed by atoms with Gasteiger partial charge in [0.25, 0.3) is 0 Å². The van der Waals surface area contributed by atoms with Crippen molar-refractivity contribution in [2.75, 3.05) is 19.8 Å². The van der Waals surface area contributed by atoms with Gasteiger partial charge in [0.1, 0.15) is 18.3 Å². The van der Waals surface area contributed by atoms with Gasteiger partial charge in [-0.25, -0.2) is 4.79 Å². The molecule has 2 saturated heterocycles. The number of carbonyl (C=O) groups is 2. The maximum Gasteiger partial charge on any atom is 0.338 e. The van der Waals surface area contributed by atoms with E-state index in [1.807, 2.05) is 36.4 Å². The number of hydrogen-bond donors (Lipinski definition) is 1. The van der Waals surface area contributed by atoms with Gasteiger partial charge in [-0.3, -0.25) is 9.79 Å². The van der Waals surface area contributed by atoms with Gasteiger partial charge in [0.05, 0.1) is 31.8 Å². The zero-order valence-electron chi connectivity index (χ0n) is 17.6. The van der Waals surface area contributed by atoms with Crippen LogP contribution in [0.15, 0.2) is 65.7 Å². The van der Waals surface area contributed by atoms with Gasteiger partial charge >= 0.3 is 5.97 Å². The average Bonchev–Trinajstić information content (AvgIpc) is 3.30.